The van der Waals surface area contributed by atoms with Crippen molar-refractivity contribution in [1.29, 1.82) is 0 Å². The third kappa shape index (κ3) is 3.65. The largest absolute Gasteiger partial charge is 0.329 e. The summed E-state index contributed by atoms with van der Waals surface area (Å²) in [5, 5.41) is 0. The van der Waals surface area contributed by atoms with E-state index < -0.39 is 0 Å². The molecule has 0 fully saturated rings. The Morgan fingerprint density at radius 2 is 1.81 bits per heavy atom. The molecule has 0 spiro atoms. The van der Waals surface area contributed by atoms with Crippen LogP contribution in [-0.4, -0.2) is 18.5 Å². The second-order valence-electron chi connectivity index (χ2n) is 5.28. The molecule has 0 radical (unpaired) electrons. The predicted molar refractivity (Wildman–Crippen MR) is 80.8 cm³/mol. The molecule has 21 heavy (non-hydrogen) atoms. The molecule has 0 heterocycles. The van der Waals surface area contributed by atoms with Gasteiger partial charge in [0.15, 0.2) is 0 Å². The lowest BCUT2D eigenvalue weighted by Crippen LogP contribution is -2.31. The zero-order valence-electron chi connectivity index (χ0n) is 12.3. The molecule has 2 aromatic rings. The van der Waals surface area contributed by atoms with Gasteiger partial charge in [-0.2, -0.15) is 0 Å². The Bertz CT molecular complexity index is 613. The van der Waals surface area contributed by atoms with Gasteiger partial charge < -0.3 is 5.73 Å². The first-order chi connectivity index (χ1) is 10.0. The number of halogens is 2. The number of aryl methyl sites for hydroxylation is 1. The molecule has 0 amide bonds. The van der Waals surface area contributed by atoms with E-state index in [-0.39, 0.29) is 24.2 Å². The zero-order valence-corrected chi connectivity index (χ0v) is 12.3. The Balaban J connectivity index is 2.25. The summed E-state index contributed by atoms with van der Waals surface area (Å²) in [6.45, 7) is 2.56. The second kappa shape index (κ2) is 6.78. The Labute approximate surface area is 124 Å². The smallest absolute Gasteiger partial charge is 0.128 e. The maximum absolute atomic E-state index is 14.0. The Morgan fingerprint density at radius 3 is 2.48 bits per heavy atom. The van der Waals surface area contributed by atoms with Crippen LogP contribution in [0.25, 0.3) is 0 Å². The van der Waals surface area contributed by atoms with E-state index in [0.717, 1.165) is 5.56 Å². The van der Waals surface area contributed by atoms with Crippen molar-refractivity contribution in [1.82, 2.24) is 4.90 Å². The molecular formula is C17H20F2N2. The van der Waals surface area contributed by atoms with Crippen molar-refractivity contribution < 1.29 is 8.78 Å². The summed E-state index contributed by atoms with van der Waals surface area (Å²) in [7, 11) is 1.83. The van der Waals surface area contributed by atoms with Gasteiger partial charge in [0.25, 0.3) is 0 Å². The molecule has 112 valence electrons. The van der Waals surface area contributed by atoms with Gasteiger partial charge in [-0.1, -0.05) is 35.9 Å². The molecule has 2 aromatic carbocycles. The fraction of sp³-hybridized carbons (Fsp3) is 0.294. The summed E-state index contributed by atoms with van der Waals surface area (Å²) < 4.78 is 27.8. The minimum Gasteiger partial charge on any atom is -0.329 e. The van der Waals surface area contributed by atoms with Gasteiger partial charge in [-0.3, -0.25) is 4.90 Å². The molecule has 0 aromatic heterocycles. The molecule has 0 saturated carbocycles. The molecule has 0 aliphatic heterocycles. The highest BCUT2D eigenvalue weighted by Crippen LogP contribution is 2.24. The van der Waals surface area contributed by atoms with Crippen LogP contribution in [0.5, 0.6) is 0 Å². The second-order valence-corrected chi connectivity index (χ2v) is 5.28. The lowest BCUT2D eigenvalue weighted by Gasteiger charge is -2.28. The summed E-state index contributed by atoms with van der Waals surface area (Å²) in [4.78, 5) is 1.87. The number of benzene rings is 2. The number of hydrogen-bond acceptors (Lipinski definition) is 2. The van der Waals surface area contributed by atoms with Crippen molar-refractivity contribution in [3.63, 3.8) is 0 Å². The third-order valence-corrected chi connectivity index (χ3v) is 3.64. The van der Waals surface area contributed by atoms with E-state index in [1.165, 1.54) is 12.1 Å². The van der Waals surface area contributed by atoms with Gasteiger partial charge in [-0.25, -0.2) is 8.78 Å². The van der Waals surface area contributed by atoms with Crippen LogP contribution in [0, 0.1) is 18.6 Å². The highest BCUT2D eigenvalue weighted by Gasteiger charge is 2.20. The molecule has 2 nitrogen and oxygen atoms in total. The monoisotopic (exact) mass is 290 g/mol. The van der Waals surface area contributed by atoms with Gasteiger partial charge in [-0.05, 0) is 26.1 Å². The first kappa shape index (κ1) is 15.6. The molecule has 1 unspecified atom stereocenters. The lowest BCUT2D eigenvalue weighted by molar-refractivity contribution is 0.233. The minimum atomic E-state index is -0.287. The highest BCUT2D eigenvalue weighted by atomic mass is 19.1. The first-order valence-electron chi connectivity index (χ1n) is 6.92. The molecule has 0 aliphatic carbocycles. The maximum atomic E-state index is 14.0. The van der Waals surface area contributed by atoms with E-state index in [1.54, 1.807) is 30.3 Å². The van der Waals surface area contributed by atoms with E-state index in [0.29, 0.717) is 17.7 Å². The van der Waals surface area contributed by atoms with Crippen molar-refractivity contribution in [2.75, 3.05) is 13.6 Å². The molecule has 4 heteroatoms. The molecule has 2 rings (SSSR count). The fourth-order valence-corrected chi connectivity index (χ4v) is 2.47. The van der Waals surface area contributed by atoms with Crippen molar-refractivity contribution in [3.8, 4) is 0 Å². The Hall–Kier alpha value is -1.78. The summed E-state index contributed by atoms with van der Waals surface area (Å²) in [6, 6.07) is 11.3. The zero-order chi connectivity index (χ0) is 15.4. The summed E-state index contributed by atoms with van der Waals surface area (Å²) >= 11 is 0. The van der Waals surface area contributed by atoms with Crippen LogP contribution in [0.3, 0.4) is 0 Å². The normalized spacial score (nSPS) is 12.7. The Kier molecular flexibility index (Phi) is 5.04. The molecule has 0 bridgehead atoms. The van der Waals surface area contributed by atoms with Gasteiger partial charge in [0, 0.05) is 30.3 Å². The topological polar surface area (TPSA) is 29.3 Å². The SMILES string of the molecule is Cc1ccc(F)c(C(CN)N(C)Cc2ccccc2F)c1. The highest BCUT2D eigenvalue weighted by molar-refractivity contribution is 5.27. The average molecular weight is 290 g/mol. The third-order valence-electron chi connectivity index (χ3n) is 3.64. The van der Waals surface area contributed by atoms with Gasteiger partial charge >= 0.3 is 0 Å². The van der Waals surface area contributed by atoms with E-state index in [9.17, 15) is 8.78 Å². The summed E-state index contributed by atoms with van der Waals surface area (Å²) in [5.74, 6) is -0.540. The molecule has 0 saturated heterocycles. The van der Waals surface area contributed by atoms with Gasteiger partial charge in [0.2, 0.25) is 0 Å². The average Bonchev–Trinajstić information content (AvgIpc) is 2.46. The first-order valence-corrected chi connectivity index (χ1v) is 6.92. The van der Waals surface area contributed by atoms with Crippen LogP contribution in [0.2, 0.25) is 0 Å². The van der Waals surface area contributed by atoms with E-state index >= 15 is 0 Å². The van der Waals surface area contributed by atoms with Crippen LogP contribution >= 0.6 is 0 Å². The minimum absolute atomic E-state index is 0.259. The van der Waals surface area contributed by atoms with Gasteiger partial charge in [0.1, 0.15) is 11.6 Å². The Morgan fingerprint density at radius 1 is 1.10 bits per heavy atom. The van der Waals surface area contributed by atoms with Crippen LogP contribution in [0.15, 0.2) is 42.5 Å². The predicted octanol–water partition coefficient (Wildman–Crippen LogP) is 3.41. The number of hydrogen-bond donors (Lipinski definition) is 1. The summed E-state index contributed by atoms with van der Waals surface area (Å²) in [6.07, 6.45) is 0. The van der Waals surface area contributed by atoms with Crippen LogP contribution in [-0.2, 0) is 6.54 Å². The quantitative estimate of drug-likeness (QED) is 0.914. The number of nitrogens with zero attached hydrogens (tertiary/aromatic N) is 1. The van der Waals surface area contributed by atoms with Crippen LogP contribution in [0.1, 0.15) is 22.7 Å². The molecule has 0 aliphatic rings. The van der Waals surface area contributed by atoms with E-state index in [2.05, 4.69) is 0 Å². The van der Waals surface area contributed by atoms with Crippen LogP contribution < -0.4 is 5.73 Å². The maximum Gasteiger partial charge on any atom is 0.128 e. The van der Waals surface area contributed by atoms with Crippen LogP contribution in [0.4, 0.5) is 8.78 Å². The van der Waals surface area contributed by atoms with Crippen molar-refractivity contribution in [2.45, 2.75) is 19.5 Å². The lowest BCUT2D eigenvalue weighted by atomic mass is 10.0. The van der Waals surface area contributed by atoms with Crippen molar-refractivity contribution in [2.24, 2.45) is 5.73 Å². The number of rotatable bonds is 5. The standard InChI is InChI=1S/C17H20F2N2/c1-12-7-8-16(19)14(9-12)17(10-20)21(2)11-13-5-3-4-6-15(13)18/h3-9,17H,10-11,20H2,1-2H3. The fourth-order valence-electron chi connectivity index (χ4n) is 2.47. The van der Waals surface area contributed by atoms with E-state index in [4.69, 9.17) is 5.73 Å². The number of nitrogens with two attached hydrogens (primary N) is 1. The number of likely N-dealkylation sites (N-methyl/N-ethyl adjacent to an activating group) is 1. The van der Waals surface area contributed by atoms with Crippen molar-refractivity contribution in [3.05, 3.63) is 70.8 Å². The molecular weight excluding hydrogens is 270 g/mol. The van der Waals surface area contributed by atoms with Gasteiger partial charge in [0.05, 0.1) is 0 Å². The van der Waals surface area contributed by atoms with Gasteiger partial charge in [-0.15, -0.1) is 0 Å². The van der Waals surface area contributed by atoms with E-state index in [1.807, 2.05) is 18.9 Å². The summed E-state index contributed by atoms with van der Waals surface area (Å²) in [5.41, 5.74) is 7.92. The molecule has 2 N–H and O–H groups in total. The van der Waals surface area contributed by atoms with Crippen molar-refractivity contribution >= 4 is 0 Å². The molecule has 1 atom stereocenters.